The fraction of sp³-hybridized carbons (Fsp3) is 0.269. The Morgan fingerprint density at radius 1 is 0.963 bits per heavy atom. The van der Waals surface area contributed by atoms with Crippen LogP contribution in [0.2, 0.25) is 0 Å². The molecule has 134 valence electrons. The minimum atomic E-state index is -0.0585. The molecule has 0 fully saturated rings. The summed E-state index contributed by atoms with van der Waals surface area (Å²) in [5.41, 5.74) is 11.9. The van der Waals surface area contributed by atoms with Crippen LogP contribution in [0.4, 0.5) is 0 Å². The molecule has 1 atom stereocenters. The number of hydrogen-bond acceptors (Lipinski definition) is 1. The molecule has 0 saturated carbocycles. The Morgan fingerprint density at radius 3 is 2.59 bits per heavy atom. The third kappa shape index (κ3) is 2.56. The van der Waals surface area contributed by atoms with E-state index >= 15 is 0 Å². The molecule has 0 spiro atoms. The summed E-state index contributed by atoms with van der Waals surface area (Å²) >= 11 is 0. The highest BCUT2D eigenvalue weighted by atomic mass is 16.1. The fourth-order valence-corrected chi connectivity index (χ4v) is 4.84. The molecule has 1 nitrogen and oxygen atoms in total. The Hall–Kier alpha value is -2.67. The van der Waals surface area contributed by atoms with Crippen LogP contribution in [0.15, 0.2) is 60.2 Å². The Bertz CT molecular complexity index is 1040. The molecule has 0 aliphatic heterocycles. The quantitative estimate of drug-likeness (QED) is 0.600. The number of rotatable bonds is 1. The molecule has 1 heteroatoms. The summed E-state index contributed by atoms with van der Waals surface area (Å²) in [5.74, 6) is 0.156. The number of hydrogen-bond donors (Lipinski definition) is 0. The van der Waals surface area contributed by atoms with Gasteiger partial charge in [0, 0.05) is 5.92 Å². The molecule has 1 unspecified atom stereocenters. The van der Waals surface area contributed by atoms with Gasteiger partial charge in [0.05, 0.1) is 0 Å². The van der Waals surface area contributed by atoms with Crippen LogP contribution in [0.3, 0.4) is 0 Å². The predicted molar refractivity (Wildman–Crippen MR) is 112 cm³/mol. The second-order valence-electron chi connectivity index (χ2n) is 8.06. The van der Waals surface area contributed by atoms with Gasteiger partial charge in [-0.2, -0.15) is 0 Å². The first-order chi connectivity index (χ1) is 13.1. The van der Waals surface area contributed by atoms with Crippen LogP contribution in [0, 0.1) is 6.92 Å². The molecule has 0 amide bonds. The van der Waals surface area contributed by atoms with Crippen molar-refractivity contribution in [3.05, 3.63) is 93.6 Å². The summed E-state index contributed by atoms with van der Waals surface area (Å²) in [6.07, 6.45) is 11.1. The zero-order valence-corrected chi connectivity index (χ0v) is 16.0. The average Bonchev–Trinajstić information content (AvgIpc) is 2.70. The summed E-state index contributed by atoms with van der Waals surface area (Å²) in [4.78, 5) is 12.7. The zero-order valence-electron chi connectivity index (χ0n) is 16.0. The highest BCUT2D eigenvalue weighted by Gasteiger charge is 2.31. The first-order valence-electron chi connectivity index (χ1n) is 10.0. The molecule has 3 aliphatic carbocycles. The van der Waals surface area contributed by atoms with Crippen LogP contribution >= 0.6 is 0 Å². The molecular formula is C26H24O. The van der Waals surface area contributed by atoms with Gasteiger partial charge in [0.1, 0.15) is 0 Å². The van der Waals surface area contributed by atoms with Crippen LogP contribution in [0.25, 0.3) is 11.1 Å². The van der Waals surface area contributed by atoms with Gasteiger partial charge in [0.25, 0.3) is 0 Å². The van der Waals surface area contributed by atoms with Gasteiger partial charge in [0.2, 0.25) is 0 Å². The highest BCUT2D eigenvalue weighted by Crippen LogP contribution is 2.45. The second kappa shape index (κ2) is 6.20. The van der Waals surface area contributed by atoms with Gasteiger partial charge in [-0.1, -0.05) is 66.6 Å². The van der Waals surface area contributed by atoms with Gasteiger partial charge >= 0.3 is 0 Å². The molecule has 0 bridgehead atoms. The van der Waals surface area contributed by atoms with Crippen LogP contribution in [0.5, 0.6) is 0 Å². The van der Waals surface area contributed by atoms with E-state index in [2.05, 4.69) is 55.5 Å². The predicted octanol–water partition coefficient (Wildman–Crippen LogP) is 6.16. The minimum absolute atomic E-state index is 0.0585. The molecule has 3 aliphatic rings. The van der Waals surface area contributed by atoms with Gasteiger partial charge in [-0.15, -0.1) is 0 Å². The van der Waals surface area contributed by atoms with Gasteiger partial charge in [0.15, 0.2) is 5.78 Å². The molecule has 2 aromatic rings. The van der Waals surface area contributed by atoms with E-state index in [1.54, 1.807) is 5.57 Å². The molecule has 0 N–H and O–H groups in total. The van der Waals surface area contributed by atoms with Crippen LogP contribution < -0.4 is 0 Å². The van der Waals surface area contributed by atoms with Crippen molar-refractivity contribution < 1.29 is 4.79 Å². The van der Waals surface area contributed by atoms with Crippen molar-refractivity contribution in [1.82, 2.24) is 0 Å². The molecule has 0 radical (unpaired) electrons. The number of carbonyl (C=O) groups is 1. The summed E-state index contributed by atoms with van der Waals surface area (Å²) in [6, 6.07) is 13.1. The average molecular weight is 352 g/mol. The lowest BCUT2D eigenvalue weighted by atomic mass is 9.72. The van der Waals surface area contributed by atoms with E-state index in [4.69, 9.17) is 0 Å². The summed E-state index contributed by atoms with van der Waals surface area (Å²) in [7, 11) is 0. The highest BCUT2D eigenvalue weighted by molar-refractivity contribution is 6.08. The lowest BCUT2D eigenvalue weighted by Gasteiger charge is -2.31. The maximum Gasteiger partial charge on any atom is 0.163 e. The zero-order chi connectivity index (χ0) is 18.5. The largest absolute Gasteiger partial charge is 0.294 e. The number of allylic oxidation sites excluding steroid dienone is 5. The Morgan fingerprint density at radius 2 is 1.78 bits per heavy atom. The van der Waals surface area contributed by atoms with Crippen molar-refractivity contribution in [1.29, 1.82) is 0 Å². The minimum Gasteiger partial charge on any atom is -0.294 e. The summed E-state index contributed by atoms with van der Waals surface area (Å²) in [5, 5.41) is 0. The SMILES string of the molecule is Cc1ccc(C2=CC(=O)C(C)c3ccc4c(c32)CCC2=C4C=CCC2)cc1. The smallest absolute Gasteiger partial charge is 0.163 e. The van der Waals surface area contributed by atoms with Crippen LogP contribution in [-0.2, 0) is 11.2 Å². The van der Waals surface area contributed by atoms with Crippen molar-refractivity contribution in [2.45, 2.75) is 45.4 Å². The van der Waals surface area contributed by atoms with Gasteiger partial charge < -0.3 is 0 Å². The number of carbonyl (C=O) groups excluding carboxylic acids is 1. The third-order valence-corrected chi connectivity index (χ3v) is 6.40. The lowest BCUT2D eigenvalue weighted by Crippen LogP contribution is -2.19. The lowest BCUT2D eigenvalue weighted by molar-refractivity contribution is -0.115. The number of ketones is 1. The van der Waals surface area contributed by atoms with Crippen molar-refractivity contribution >= 4 is 16.9 Å². The molecular weight excluding hydrogens is 328 g/mol. The second-order valence-corrected chi connectivity index (χ2v) is 8.06. The summed E-state index contributed by atoms with van der Waals surface area (Å²) in [6.45, 7) is 4.15. The van der Waals surface area contributed by atoms with Crippen LogP contribution in [-0.4, -0.2) is 5.78 Å². The van der Waals surface area contributed by atoms with E-state index in [-0.39, 0.29) is 11.7 Å². The number of benzene rings is 2. The number of fused-ring (bicyclic) bond motifs is 4. The Labute approximate surface area is 161 Å². The monoisotopic (exact) mass is 352 g/mol. The van der Waals surface area contributed by atoms with E-state index in [1.165, 1.54) is 46.2 Å². The maximum absolute atomic E-state index is 12.7. The standard InChI is InChI=1S/C26H24O/c1-16-7-9-19(10-8-16)24-15-25(27)17(2)20-13-14-22-21-6-4-3-5-18(21)11-12-23(22)26(20)24/h4,6-10,13-15,17H,3,5,11-12H2,1-2H3. The van der Waals surface area contributed by atoms with Crippen molar-refractivity contribution in [2.24, 2.45) is 0 Å². The van der Waals surface area contributed by atoms with Gasteiger partial charge in [-0.05, 0) is 77.6 Å². The first kappa shape index (κ1) is 16.5. The Kier molecular flexibility index (Phi) is 3.79. The normalized spacial score (nSPS) is 20.7. The number of aryl methyl sites for hydroxylation is 1. The van der Waals surface area contributed by atoms with Crippen molar-refractivity contribution in [2.75, 3.05) is 0 Å². The van der Waals surface area contributed by atoms with Gasteiger partial charge in [-0.25, -0.2) is 0 Å². The van der Waals surface area contributed by atoms with E-state index in [1.807, 2.05) is 13.0 Å². The van der Waals surface area contributed by atoms with E-state index < -0.39 is 0 Å². The van der Waals surface area contributed by atoms with Crippen molar-refractivity contribution in [3.8, 4) is 0 Å². The van der Waals surface area contributed by atoms with E-state index in [9.17, 15) is 4.79 Å². The van der Waals surface area contributed by atoms with E-state index in [0.717, 1.165) is 24.0 Å². The molecule has 0 heterocycles. The topological polar surface area (TPSA) is 17.1 Å². The maximum atomic E-state index is 12.7. The molecule has 0 aromatic heterocycles. The first-order valence-corrected chi connectivity index (χ1v) is 10.0. The van der Waals surface area contributed by atoms with E-state index in [0.29, 0.717) is 0 Å². The fourth-order valence-electron chi connectivity index (χ4n) is 4.84. The van der Waals surface area contributed by atoms with Crippen molar-refractivity contribution in [3.63, 3.8) is 0 Å². The molecule has 0 saturated heterocycles. The molecule has 2 aromatic carbocycles. The van der Waals surface area contributed by atoms with Crippen LogP contribution in [0.1, 0.15) is 65.5 Å². The van der Waals surface area contributed by atoms with Gasteiger partial charge in [-0.3, -0.25) is 4.79 Å². The summed E-state index contributed by atoms with van der Waals surface area (Å²) < 4.78 is 0. The molecule has 5 rings (SSSR count). The Balaban J connectivity index is 1.76. The molecule has 27 heavy (non-hydrogen) atoms. The third-order valence-electron chi connectivity index (χ3n) is 6.40.